The number of rotatable bonds is 4. The summed E-state index contributed by atoms with van der Waals surface area (Å²) < 4.78 is 7.62. The molecule has 6 aromatic rings. The standard InChI is InChI=1S/C34H24N2O2SSe/c1-21-13-18-28(36-26-8-3-5-11-30(26)40-31-12-6-4-9-27(31)36)33-32(21)24(29-10-7-19-39-29)20-25(35-33)22-14-16-23(17-15-22)34(37)38-2/h3-20H,1-2H3. The number of ether oxygens (including phenoxy) is 1. The van der Waals surface area contributed by atoms with Crippen LogP contribution in [0.2, 0.25) is 0 Å². The number of pyridine rings is 1. The van der Waals surface area contributed by atoms with E-state index in [1.165, 1.54) is 37.8 Å². The van der Waals surface area contributed by atoms with Gasteiger partial charge in [-0.3, -0.25) is 0 Å². The molecule has 40 heavy (non-hydrogen) atoms. The Morgan fingerprint density at radius 2 is 1.52 bits per heavy atom. The fraction of sp³-hybridized carbons (Fsp3) is 0.0588. The molecule has 1 aliphatic rings. The third-order valence-electron chi connectivity index (χ3n) is 7.21. The Hall–Kier alpha value is -4.22. The van der Waals surface area contributed by atoms with Crippen molar-refractivity contribution in [3.05, 3.63) is 120 Å². The molecule has 0 bridgehead atoms. The molecule has 1 aliphatic heterocycles. The molecule has 0 amide bonds. The van der Waals surface area contributed by atoms with E-state index in [0.29, 0.717) is 5.56 Å². The molecule has 2 aromatic heterocycles. The van der Waals surface area contributed by atoms with Gasteiger partial charge in [-0.15, -0.1) is 0 Å². The monoisotopic (exact) mass is 604 g/mol. The molecule has 0 unspecified atom stereocenters. The van der Waals surface area contributed by atoms with Crippen molar-refractivity contribution in [1.82, 2.24) is 4.98 Å². The van der Waals surface area contributed by atoms with Crippen molar-refractivity contribution in [2.24, 2.45) is 0 Å². The first kappa shape index (κ1) is 24.8. The fourth-order valence-corrected chi connectivity index (χ4v) is 8.28. The van der Waals surface area contributed by atoms with Crippen LogP contribution >= 0.6 is 11.3 Å². The molecule has 0 saturated heterocycles. The summed E-state index contributed by atoms with van der Waals surface area (Å²) in [6.07, 6.45) is 0. The molecule has 6 heteroatoms. The first-order chi connectivity index (χ1) is 19.6. The van der Waals surface area contributed by atoms with Gasteiger partial charge in [-0.25, -0.2) is 4.79 Å². The molecular formula is C34H24N2O2SSe. The van der Waals surface area contributed by atoms with Crippen LogP contribution in [0, 0.1) is 6.92 Å². The molecule has 4 nitrogen and oxygen atoms in total. The number of aryl methyl sites for hydroxylation is 1. The molecular weight excluding hydrogens is 579 g/mol. The number of esters is 1. The second-order valence-corrected chi connectivity index (χ2v) is 12.8. The molecule has 4 aromatic carbocycles. The molecule has 194 valence electrons. The summed E-state index contributed by atoms with van der Waals surface area (Å²) in [6.45, 7) is 2.16. The number of para-hydroxylation sites is 2. The summed E-state index contributed by atoms with van der Waals surface area (Å²) in [5.41, 5.74) is 9.10. The minimum atomic E-state index is -0.348. The zero-order chi connectivity index (χ0) is 27.2. The fourth-order valence-electron chi connectivity index (χ4n) is 5.31. The number of anilines is 3. The number of aromatic nitrogens is 1. The average molecular weight is 604 g/mol. The van der Waals surface area contributed by atoms with E-state index in [1.807, 2.05) is 12.1 Å². The van der Waals surface area contributed by atoms with Crippen molar-refractivity contribution in [2.75, 3.05) is 12.0 Å². The first-order valence-corrected chi connectivity index (χ1v) is 15.5. The third kappa shape index (κ3) is 4.13. The van der Waals surface area contributed by atoms with Crippen LogP contribution in [0.1, 0.15) is 15.9 Å². The van der Waals surface area contributed by atoms with Crippen LogP contribution in [-0.2, 0) is 4.74 Å². The molecule has 0 fully saturated rings. The summed E-state index contributed by atoms with van der Waals surface area (Å²) in [5, 5.41) is 3.27. The Kier molecular flexibility index (Phi) is 6.24. The third-order valence-corrected chi connectivity index (χ3v) is 10.5. The van der Waals surface area contributed by atoms with Gasteiger partial charge < -0.3 is 4.74 Å². The van der Waals surface area contributed by atoms with E-state index in [1.54, 1.807) is 23.5 Å². The van der Waals surface area contributed by atoms with Gasteiger partial charge in [-0.2, -0.15) is 0 Å². The number of hydrogen-bond donors (Lipinski definition) is 0. The quantitative estimate of drug-likeness (QED) is 0.158. The predicted molar refractivity (Wildman–Crippen MR) is 166 cm³/mol. The van der Waals surface area contributed by atoms with Crippen molar-refractivity contribution in [3.63, 3.8) is 0 Å². The van der Waals surface area contributed by atoms with Gasteiger partial charge in [0.05, 0.1) is 7.11 Å². The van der Waals surface area contributed by atoms with Crippen molar-refractivity contribution in [1.29, 1.82) is 0 Å². The Morgan fingerprint density at radius 1 is 0.825 bits per heavy atom. The summed E-state index contributed by atoms with van der Waals surface area (Å²) >= 11 is 1.96. The maximum atomic E-state index is 12.1. The number of hydrogen-bond acceptors (Lipinski definition) is 5. The van der Waals surface area contributed by atoms with Gasteiger partial charge in [0, 0.05) is 0 Å². The molecule has 0 saturated carbocycles. The summed E-state index contributed by atoms with van der Waals surface area (Å²) in [5.74, 6) is -0.348. The molecule has 0 radical (unpaired) electrons. The molecule has 0 N–H and O–H groups in total. The summed E-state index contributed by atoms with van der Waals surface area (Å²) in [6, 6.07) is 35.8. The van der Waals surface area contributed by atoms with Crippen LogP contribution in [0.5, 0.6) is 0 Å². The van der Waals surface area contributed by atoms with Crippen LogP contribution in [0.15, 0.2) is 109 Å². The van der Waals surface area contributed by atoms with E-state index >= 15 is 0 Å². The molecule has 3 heterocycles. The number of carbonyl (C=O) groups excluding carboxylic acids is 1. The van der Waals surface area contributed by atoms with Gasteiger partial charge in [0.1, 0.15) is 0 Å². The molecule has 0 spiro atoms. The van der Waals surface area contributed by atoms with Crippen LogP contribution in [-0.4, -0.2) is 33.0 Å². The molecule has 0 aliphatic carbocycles. The number of benzene rings is 4. The van der Waals surface area contributed by atoms with Crippen molar-refractivity contribution >= 4 is 69.2 Å². The summed E-state index contributed by atoms with van der Waals surface area (Å²) in [4.78, 5) is 21.0. The van der Waals surface area contributed by atoms with Crippen LogP contribution in [0.4, 0.5) is 17.1 Å². The van der Waals surface area contributed by atoms with Crippen LogP contribution < -0.4 is 13.8 Å². The Bertz CT molecular complexity index is 1850. The van der Waals surface area contributed by atoms with Crippen molar-refractivity contribution < 1.29 is 9.53 Å². The van der Waals surface area contributed by atoms with Crippen molar-refractivity contribution in [3.8, 4) is 21.7 Å². The molecule has 7 rings (SSSR count). The van der Waals surface area contributed by atoms with Gasteiger partial charge in [0.15, 0.2) is 0 Å². The van der Waals surface area contributed by atoms with Gasteiger partial charge >= 0.3 is 227 Å². The first-order valence-electron chi connectivity index (χ1n) is 13.0. The normalized spacial score (nSPS) is 12.2. The SMILES string of the molecule is COC(=O)c1ccc(-c2cc(-c3cccs3)c3c(C)ccc(N4c5ccccc5[Se]c5ccccc54)c3n2)cc1. The van der Waals surface area contributed by atoms with Gasteiger partial charge in [-0.1, -0.05) is 0 Å². The predicted octanol–water partition coefficient (Wildman–Crippen LogP) is 7.16. The van der Waals surface area contributed by atoms with Gasteiger partial charge in [0.25, 0.3) is 0 Å². The maximum absolute atomic E-state index is 12.1. The van der Waals surface area contributed by atoms with E-state index in [-0.39, 0.29) is 20.9 Å². The summed E-state index contributed by atoms with van der Waals surface area (Å²) in [7, 11) is 1.40. The second kappa shape index (κ2) is 10.1. The van der Waals surface area contributed by atoms with Crippen LogP contribution in [0.3, 0.4) is 0 Å². The molecule has 0 atom stereocenters. The van der Waals surface area contributed by atoms with Gasteiger partial charge in [0.2, 0.25) is 0 Å². The van der Waals surface area contributed by atoms with Crippen LogP contribution in [0.25, 0.3) is 32.6 Å². The zero-order valence-electron chi connectivity index (χ0n) is 21.9. The topological polar surface area (TPSA) is 42.4 Å². The number of methoxy groups -OCH3 is 1. The van der Waals surface area contributed by atoms with Crippen molar-refractivity contribution in [2.45, 2.75) is 6.92 Å². The number of thiophene rings is 1. The van der Waals surface area contributed by atoms with Gasteiger partial charge in [-0.05, 0) is 0 Å². The van der Waals surface area contributed by atoms with E-state index in [4.69, 9.17) is 9.72 Å². The average Bonchev–Trinajstić information content (AvgIpc) is 3.55. The van der Waals surface area contributed by atoms with E-state index in [2.05, 4.69) is 96.1 Å². The van der Waals surface area contributed by atoms with E-state index in [9.17, 15) is 4.79 Å². The zero-order valence-corrected chi connectivity index (χ0v) is 24.4. The Balaban J connectivity index is 1.52. The second-order valence-electron chi connectivity index (χ2n) is 9.60. The Morgan fingerprint density at radius 3 is 2.17 bits per heavy atom. The number of fused-ring (bicyclic) bond motifs is 3. The van der Waals surface area contributed by atoms with E-state index < -0.39 is 0 Å². The van der Waals surface area contributed by atoms with E-state index in [0.717, 1.165) is 33.4 Å². The minimum absolute atomic E-state index is 0.228. The number of nitrogens with zero attached hydrogens (tertiary/aromatic N) is 2. The Labute approximate surface area is 243 Å². The number of carbonyl (C=O) groups is 1.